The summed E-state index contributed by atoms with van der Waals surface area (Å²) in [6.07, 6.45) is 0.884. The minimum absolute atomic E-state index is 0.216. The van der Waals surface area contributed by atoms with Crippen LogP contribution in [0.25, 0.3) is 0 Å². The first-order valence-corrected chi connectivity index (χ1v) is 8.31. The molecule has 0 heterocycles. The average molecular weight is 301 g/mol. The van der Waals surface area contributed by atoms with E-state index in [4.69, 9.17) is 25.4 Å². The maximum absolute atomic E-state index is 12.5. The first-order valence-electron chi connectivity index (χ1n) is 6.17. The van der Waals surface area contributed by atoms with Crippen molar-refractivity contribution in [2.24, 2.45) is 0 Å². The van der Waals surface area contributed by atoms with Crippen molar-refractivity contribution in [3.05, 3.63) is 0 Å². The molecular weight excluding hydrogens is 279 g/mol. The lowest BCUT2D eigenvalue weighted by Crippen LogP contribution is -2.26. The SMILES string of the molecule is CCOC(=O)C(CCCCl)P(=O)(OCC)OCC. The highest BCUT2D eigenvalue weighted by Gasteiger charge is 2.41. The lowest BCUT2D eigenvalue weighted by molar-refractivity contribution is -0.143. The molecule has 5 nitrogen and oxygen atoms in total. The lowest BCUT2D eigenvalue weighted by atomic mass is 10.2. The van der Waals surface area contributed by atoms with Gasteiger partial charge in [0, 0.05) is 5.88 Å². The van der Waals surface area contributed by atoms with Crippen LogP contribution in [0.1, 0.15) is 33.6 Å². The number of carbonyl (C=O) groups excluding carboxylic acids is 1. The van der Waals surface area contributed by atoms with Crippen LogP contribution in [0.5, 0.6) is 0 Å². The second-order valence-electron chi connectivity index (χ2n) is 3.47. The molecule has 0 amide bonds. The quantitative estimate of drug-likeness (QED) is 0.352. The maximum Gasteiger partial charge on any atom is 0.344 e. The Morgan fingerprint density at radius 2 is 1.72 bits per heavy atom. The van der Waals surface area contributed by atoms with E-state index in [9.17, 15) is 9.36 Å². The Hall–Kier alpha value is -0.0900. The highest BCUT2D eigenvalue weighted by Crippen LogP contribution is 2.54. The van der Waals surface area contributed by atoms with Crippen LogP contribution in [-0.2, 0) is 23.1 Å². The van der Waals surface area contributed by atoms with E-state index in [1.165, 1.54) is 0 Å². The Balaban J connectivity index is 4.96. The number of esters is 1. The summed E-state index contributed by atoms with van der Waals surface area (Å²) in [6.45, 7) is 5.77. The highest BCUT2D eigenvalue weighted by molar-refractivity contribution is 7.55. The van der Waals surface area contributed by atoms with E-state index in [-0.39, 0.29) is 19.8 Å². The molecule has 18 heavy (non-hydrogen) atoms. The summed E-state index contributed by atoms with van der Waals surface area (Å²) in [7, 11) is -3.48. The van der Waals surface area contributed by atoms with Gasteiger partial charge < -0.3 is 13.8 Å². The molecule has 0 radical (unpaired) electrons. The number of rotatable bonds is 10. The van der Waals surface area contributed by atoms with Crippen molar-refractivity contribution in [1.29, 1.82) is 0 Å². The lowest BCUT2D eigenvalue weighted by Gasteiger charge is -2.24. The summed E-state index contributed by atoms with van der Waals surface area (Å²) in [5.74, 6) is -0.165. The largest absolute Gasteiger partial charge is 0.465 e. The Morgan fingerprint density at radius 1 is 1.17 bits per heavy atom. The van der Waals surface area contributed by atoms with Gasteiger partial charge in [0.2, 0.25) is 0 Å². The van der Waals surface area contributed by atoms with Crippen molar-refractivity contribution in [1.82, 2.24) is 0 Å². The third-order valence-electron chi connectivity index (χ3n) is 2.17. The summed E-state index contributed by atoms with van der Waals surface area (Å²) < 4.78 is 27.8. The summed E-state index contributed by atoms with van der Waals surface area (Å²) in [6, 6.07) is 0. The van der Waals surface area contributed by atoms with Gasteiger partial charge >= 0.3 is 13.6 Å². The van der Waals surface area contributed by atoms with E-state index in [1.54, 1.807) is 20.8 Å². The van der Waals surface area contributed by atoms with Crippen LogP contribution >= 0.6 is 19.2 Å². The van der Waals surface area contributed by atoms with Crippen molar-refractivity contribution in [2.45, 2.75) is 39.3 Å². The zero-order chi connectivity index (χ0) is 14.0. The number of halogens is 1. The Bertz CT molecular complexity index is 275. The van der Waals surface area contributed by atoms with Crippen molar-refractivity contribution in [3.8, 4) is 0 Å². The molecule has 0 aromatic heterocycles. The number of carbonyl (C=O) groups is 1. The molecule has 0 N–H and O–H groups in total. The fourth-order valence-corrected chi connectivity index (χ4v) is 3.63. The van der Waals surface area contributed by atoms with Gasteiger partial charge in [-0.05, 0) is 33.6 Å². The van der Waals surface area contributed by atoms with E-state index in [0.717, 1.165) is 0 Å². The van der Waals surface area contributed by atoms with Gasteiger partial charge in [0.15, 0.2) is 5.66 Å². The number of hydrogen-bond donors (Lipinski definition) is 0. The second-order valence-corrected chi connectivity index (χ2v) is 6.07. The van der Waals surface area contributed by atoms with Crippen molar-refractivity contribution in [3.63, 3.8) is 0 Å². The normalized spacial score (nSPS) is 13.3. The van der Waals surface area contributed by atoms with Gasteiger partial charge in [0.25, 0.3) is 0 Å². The van der Waals surface area contributed by atoms with Gasteiger partial charge in [0.05, 0.1) is 19.8 Å². The third kappa shape index (κ3) is 5.70. The molecule has 0 spiro atoms. The summed E-state index contributed by atoms with van der Waals surface area (Å²) >= 11 is 5.61. The number of alkyl halides is 1. The molecule has 0 aliphatic carbocycles. The summed E-state index contributed by atoms with van der Waals surface area (Å²) in [4.78, 5) is 11.8. The molecule has 0 bridgehead atoms. The molecule has 0 aromatic carbocycles. The van der Waals surface area contributed by atoms with E-state index >= 15 is 0 Å². The average Bonchev–Trinajstić information content (AvgIpc) is 2.30. The van der Waals surface area contributed by atoms with E-state index < -0.39 is 19.2 Å². The van der Waals surface area contributed by atoms with Crippen molar-refractivity contribution < 1.29 is 23.1 Å². The van der Waals surface area contributed by atoms with Gasteiger partial charge in [-0.2, -0.15) is 0 Å². The number of ether oxygens (including phenoxy) is 1. The van der Waals surface area contributed by atoms with Crippen molar-refractivity contribution >= 4 is 25.2 Å². The van der Waals surface area contributed by atoms with Crippen LogP contribution in [0, 0.1) is 0 Å². The van der Waals surface area contributed by atoms with Gasteiger partial charge in [-0.25, -0.2) is 0 Å². The maximum atomic E-state index is 12.5. The minimum Gasteiger partial charge on any atom is -0.465 e. The summed E-state index contributed by atoms with van der Waals surface area (Å²) in [5, 5.41) is 0. The fourth-order valence-electron chi connectivity index (χ4n) is 1.49. The van der Waals surface area contributed by atoms with E-state index in [1.807, 2.05) is 0 Å². The number of hydrogen-bond acceptors (Lipinski definition) is 5. The molecule has 1 atom stereocenters. The van der Waals surface area contributed by atoms with Gasteiger partial charge in [0.1, 0.15) is 0 Å². The van der Waals surface area contributed by atoms with Crippen LogP contribution in [0.2, 0.25) is 0 Å². The van der Waals surface area contributed by atoms with Crippen LogP contribution < -0.4 is 0 Å². The van der Waals surface area contributed by atoms with E-state index in [2.05, 4.69) is 0 Å². The predicted octanol–water partition coefficient (Wildman–Crippen LogP) is 3.20. The van der Waals surface area contributed by atoms with Crippen molar-refractivity contribution in [2.75, 3.05) is 25.7 Å². The Labute approximate surface area is 114 Å². The smallest absolute Gasteiger partial charge is 0.344 e. The predicted molar refractivity (Wildman–Crippen MR) is 71.2 cm³/mol. The molecule has 0 aliphatic rings. The monoisotopic (exact) mass is 300 g/mol. The molecule has 108 valence electrons. The van der Waals surface area contributed by atoms with Crippen LogP contribution in [-0.4, -0.2) is 37.3 Å². The van der Waals surface area contributed by atoms with Gasteiger partial charge in [-0.1, -0.05) is 0 Å². The van der Waals surface area contributed by atoms with Crippen LogP contribution in [0.3, 0.4) is 0 Å². The first kappa shape index (κ1) is 17.9. The Kier molecular flexibility index (Phi) is 9.74. The molecule has 0 fully saturated rings. The minimum atomic E-state index is -3.48. The zero-order valence-electron chi connectivity index (χ0n) is 11.2. The zero-order valence-corrected chi connectivity index (χ0v) is 12.8. The fraction of sp³-hybridized carbons (Fsp3) is 0.909. The standard InChI is InChI=1S/C11H22ClO5P/c1-4-15-11(13)10(8-7-9-12)18(14,16-5-2)17-6-3/h10H,4-9H2,1-3H3. The highest BCUT2D eigenvalue weighted by atomic mass is 35.5. The molecule has 0 saturated carbocycles. The Morgan fingerprint density at radius 3 is 2.11 bits per heavy atom. The molecule has 7 heteroatoms. The topological polar surface area (TPSA) is 61.8 Å². The molecule has 0 saturated heterocycles. The van der Waals surface area contributed by atoms with E-state index in [0.29, 0.717) is 18.7 Å². The van der Waals surface area contributed by atoms with Gasteiger partial charge in [-0.15, -0.1) is 11.6 Å². The third-order valence-corrected chi connectivity index (χ3v) is 4.91. The molecule has 0 aromatic rings. The second kappa shape index (κ2) is 9.79. The summed E-state index contributed by atoms with van der Waals surface area (Å²) in [5.41, 5.74) is -0.893. The molecule has 0 rings (SSSR count). The molecule has 1 unspecified atom stereocenters. The molecular formula is C11H22ClO5P. The first-order chi connectivity index (χ1) is 8.55. The van der Waals surface area contributed by atoms with Gasteiger partial charge in [-0.3, -0.25) is 9.36 Å². The van der Waals surface area contributed by atoms with Crippen LogP contribution in [0.15, 0.2) is 0 Å². The van der Waals surface area contributed by atoms with Crippen LogP contribution in [0.4, 0.5) is 0 Å². The molecule has 0 aliphatic heterocycles.